The Labute approximate surface area is 145 Å². The van der Waals surface area contributed by atoms with Crippen molar-refractivity contribution in [2.24, 2.45) is 5.92 Å². The second-order valence-electron chi connectivity index (χ2n) is 7.41. The van der Waals surface area contributed by atoms with E-state index in [-0.39, 0.29) is 0 Å². The first-order chi connectivity index (χ1) is 11.9. The summed E-state index contributed by atoms with van der Waals surface area (Å²) in [5.74, 6) is 1.63. The van der Waals surface area contributed by atoms with Gasteiger partial charge < -0.3 is 10.2 Å². The predicted octanol–water partition coefficient (Wildman–Crippen LogP) is 4.22. The van der Waals surface area contributed by atoms with E-state index in [1.807, 2.05) is 0 Å². The summed E-state index contributed by atoms with van der Waals surface area (Å²) >= 11 is 0. The lowest BCUT2D eigenvalue weighted by molar-refractivity contribution is 0.384. The molecule has 0 radical (unpaired) electrons. The van der Waals surface area contributed by atoms with Gasteiger partial charge in [-0.15, -0.1) is 0 Å². The van der Waals surface area contributed by atoms with Gasteiger partial charge in [-0.05, 0) is 73.9 Å². The molecule has 0 amide bonds. The van der Waals surface area contributed by atoms with Crippen LogP contribution in [-0.2, 0) is 6.42 Å². The van der Waals surface area contributed by atoms with Crippen LogP contribution in [0.1, 0.15) is 36.3 Å². The molecule has 2 aliphatic heterocycles. The number of piperidine rings is 1. The third-order valence-electron chi connectivity index (χ3n) is 5.71. The molecule has 2 nitrogen and oxygen atoms in total. The monoisotopic (exact) mass is 320 g/mol. The third kappa shape index (κ3) is 3.64. The number of hydrogen-bond acceptors (Lipinski definition) is 2. The van der Waals surface area contributed by atoms with Crippen LogP contribution in [0.3, 0.4) is 0 Å². The van der Waals surface area contributed by atoms with E-state index in [1.165, 1.54) is 63.1 Å². The number of nitrogens with one attached hydrogen (secondary N) is 1. The van der Waals surface area contributed by atoms with Crippen molar-refractivity contribution in [1.82, 2.24) is 5.32 Å². The number of benzene rings is 2. The Kier molecular flexibility index (Phi) is 4.84. The maximum Gasteiger partial charge on any atom is 0.0366 e. The fraction of sp³-hybridized carbons (Fsp3) is 0.455. The molecule has 2 fully saturated rings. The van der Waals surface area contributed by atoms with Gasteiger partial charge in [0, 0.05) is 18.8 Å². The van der Waals surface area contributed by atoms with Gasteiger partial charge in [0.05, 0.1) is 0 Å². The van der Waals surface area contributed by atoms with Crippen LogP contribution in [0.4, 0.5) is 5.69 Å². The smallest absolute Gasteiger partial charge is 0.0366 e. The van der Waals surface area contributed by atoms with Crippen molar-refractivity contribution >= 4 is 5.69 Å². The highest BCUT2D eigenvalue weighted by Gasteiger charge is 2.26. The highest BCUT2D eigenvalue weighted by molar-refractivity contribution is 5.48. The molecule has 2 aromatic rings. The van der Waals surface area contributed by atoms with Crippen molar-refractivity contribution in [3.63, 3.8) is 0 Å². The molecule has 2 saturated heterocycles. The normalized spacial score (nSPS) is 19.2. The van der Waals surface area contributed by atoms with Crippen LogP contribution in [0, 0.1) is 5.92 Å². The Morgan fingerprint density at radius 1 is 0.875 bits per heavy atom. The van der Waals surface area contributed by atoms with Crippen LogP contribution >= 0.6 is 0 Å². The quantitative estimate of drug-likeness (QED) is 0.887. The molecule has 0 bridgehead atoms. The van der Waals surface area contributed by atoms with Crippen LogP contribution in [0.5, 0.6) is 0 Å². The van der Waals surface area contributed by atoms with Crippen LogP contribution < -0.4 is 10.2 Å². The van der Waals surface area contributed by atoms with Crippen molar-refractivity contribution in [3.8, 4) is 0 Å². The summed E-state index contributed by atoms with van der Waals surface area (Å²) in [6.07, 6.45) is 5.11. The number of anilines is 1. The molecule has 2 heteroatoms. The molecule has 0 saturated carbocycles. The molecule has 0 spiro atoms. The summed E-state index contributed by atoms with van der Waals surface area (Å²) in [5, 5.41) is 3.45. The van der Waals surface area contributed by atoms with E-state index in [0.717, 1.165) is 11.8 Å². The first kappa shape index (κ1) is 15.7. The summed E-state index contributed by atoms with van der Waals surface area (Å²) in [5.41, 5.74) is 4.42. The number of rotatable bonds is 5. The van der Waals surface area contributed by atoms with E-state index in [1.54, 1.807) is 5.56 Å². The molecule has 0 unspecified atom stereocenters. The van der Waals surface area contributed by atoms with Gasteiger partial charge in [-0.3, -0.25) is 0 Å². The minimum absolute atomic E-state index is 0.770. The summed E-state index contributed by atoms with van der Waals surface area (Å²) in [4.78, 5) is 2.49. The molecule has 2 aromatic carbocycles. The second kappa shape index (κ2) is 7.40. The van der Waals surface area contributed by atoms with Gasteiger partial charge in [0.25, 0.3) is 0 Å². The zero-order valence-electron chi connectivity index (χ0n) is 14.5. The molecule has 126 valence electrons. The van der Waals surface area contributed by atoms with Gasteiger partial charge >= 0.3 is 0 Å². The number of para-hydroxylation sites is 1. The molecule has 0 atom stereocenters. The molecule has 24 heavy (non-hydrogen) atoms. The van der Waals surface area contributed by atoms with E-state index < -0.39 is 0 Å². The van der Waals surface area contributed by atoms with Gasteiger partial charge in [-0.1, -0.05) is 42.5 Å². The number of nitrogens with zero attached hydrogens (tertiary/aromatic N) is 1. The Hall–Kier alpha value is -1.80. The number of hydrogen-bond donors (Lipinski definition) is 1. The second-order valence-corrected chi connectivity index (χ2v) is 7.41. The standard InChI is InChI=1S/C22H28N2/c1-2-4-22(5-3-1)24-16-19(17-24)7-6-18-8-10-20(11-9-18)21-12-14-23-15-13-21/h1-5,8-11,19,21,23H,6-7,12-17H2. The number of aryl methyl sites for hydroxylation is 1. The first-order valence-corrected chi connectivity index (χ1v) is 9.48. The fourth-order valence-electron chi connectivity index (χ4n) is 4.08. The van der Waals surface area contributed by atoms with Gasteiger partial charge in [0.2, 0.25) is 0 Å². The van der Waals surface area contributed by atoms with Crippen LogP contribution in [0.2, 0.25) is 0 Å². The average molecular weight is 320 g/mol. The van der Waals surface area contributed by atoms with Crippen LogP contribution in [0.15, 0.2) is 54.6 Å². The van der Waals surface area contributed by atoms with Gasteiger partial charge in [0.1, 0.15) is 0 Å². The summed E-state index contributed by atoms with van der Waals surface area (Å²) in [7, 11) is 0. The molecule has 1 N–H and O–H groups in total. The molecule has 2 aliphatic rings. The van der Waals surface area contributed by atoms with Crippen molar-refractivity contribution in [2.75, 3.05) is 31.1 Å². The molecule has 0 aromatic heterocycles. The third-order valence-corrected chi connectivity index (χ3v) is 5.71. The SMILES string of the molecule is c1ccc(N2CC(CCc3ccc(C4CCNCC4)cc3)C2)cc1. The lowest BCUT2D eigenvalue weighted by Crippen LogP contribution is -2.46. The maximum absolute atomic E-state index is 3.45. The lowest BCUT2D eigenvalue weighted by atomic mass is 9.88. The van der Waals surface area contributed by atoms with E-state index >= 15 is 0 Å². The zero-order valence-corrected chi connectivity index (χ0v) is 14.5. The van der Waals surface area contributed by atoms with Gasteiger partial charge in [-0.2, -0.15) is 0 Å². The Bertz CT molecular complexity index is 623. The topological polar surface area (TPSA) is 15.3 Å². The molecule has 2 heterocycles. The van der Waals surface area contributed by atoms with Gasteiger partial charge in [-0.25, -0.2) is 0 Å². The van der Waals surface area contributed by atoms with Gasteiger partial charge in [0.15, 0.2) is 0 Å². The highest BCUT2D eigenvalue weighted by Crippen LogP contribution is 2.28. The minimum atomic E-state index is 0.770. The van der Waals surface area contributed by atoms with Crippen molar-refractivity contribution < 1.29 is 0 Å². The first-order valence-electron chi connectivity index (χ1n) is 9.48. The van der Waals surface area contributed by atoms with E-state index in [2.05, 4.69) is 64.8 Å². The maximum atomic E-state index is 3.45. The van der Waals surface area contributed by atoms with Crippen molar-refractivity contribution in [3.05, 3.63) is 65.7 Å². The van der Waals surface area contributed by atoms with Crippen molar-refractivity contribution in [1.29, 1.82) is 0 Å². The fourth-order valence-corrected chi connectivity index (χ4v) is 4.08. The van der Waals surface area contributed by atoms with E-state index in [0.29, 0.717) is 0 Å². The van der Waals surface area contributed by atoms with Crippen LogP contribution in [0.25, 0.3) is 0 Å². The summed E-state index contributed by atoms with van der Waals surface area (Å²) in [6, 6.07) is 20.3. The molecular weight excluding hydrogens is 292 g/mol. The zero-order chi connectivity index (χ0) is 16.2. The molecular formula is C22H28N2. The highest BCUT2D eigenvalue weighted by atomic mass is 15.2. The Morgan fingerprint density at radius 2 is 1.58 bits per heavy atom. The lowest BCUT2D eigenvalue weighted by Gasteiger charge is -2.41. The van der Waals surface area contributed by atoms with Crippen molar-refractivity contribution in [2.45, 2.75) is 31.6 Å². The summed E-state index contributed by atoms with van der Waals surface area (Å²) in [6.45, 7) is 4.78. The van der Waals surface area contributed by atoms with E-state index in [4.69, 9.17) is 0 Å². The Morgan fingerprint density at radius 3 is 2.29 bits per heavy atom. The largest absolute Gasteiger partial charge is 0.371 e. The summed E-state index contributed by atoms with van der Waals surface area (Å²) < 4.78 is 0. The predicted molar refractivity (Wildman–Crippen MR) is 102 cm³/mol. The molecule has 0 aliphatic carbocycles. The average Bonchev–Trinajstić information content (AvgIpc) is 2.63. The Balaban J connectivity index is 1.24. The minimum Gasteiger partial charge on any atom is -0.371 e. The van der Waals surface area contributed by atoms with Crippen LogP contribution in [-0.4, -0.2) is 26.2 Å². The van der Waals surface area contributed by atoms with E-state index in [9.17, 15) is 0 Å². The molecule has 4 rings (SSSR count).